The van der Waals surface area contributed by atoms with Gasteiger partial charge in [0.05, 0.1) is 0 Å². The number of nitrogens with zero attached hydrogens (tertiary/aromatic N) is 2. The Kier molecular flexibility index (Phi) is 3.24. The Balaban J connectivity index is 3.09. The molecule has 0 aromatic carbocycles. The van der Waals surface area contributed by atoms with E-state index in [0.29, 0.717) is 0 Å². The number of rotatable bonds is 3. The lowest BCUT2D eigenvalue weighted by Crippen LogP contribution is -2.39. The van der Waals surface area contributed by atoms with Gasteiger partial charge in [0.25, 0.3) is 0 Å². The Bertz CT molecular complexity index is 321. The average Bonchev–Trinajstić information content (AvgIpc) is 2.51. The Morgan fingerprint density at radius 2 is 1.93 bits per heavy atom. The number of aromatic nitrogens is 2. The van der Waals surface area contributed by atoms with Crippen molar-refractivity contribution in [2.24, 2.45) is 5.41 Å². The van der Waals surface area contributed by atoms with Crippen LogP contribution in [0, 0.1) is 5.41 Å². The highest BCUT2D eigenvalue weighted by Gasteiger charge is 2.40. The van der Waals surface area contributed by atoms with Gasteiger partial charge in [-0.15, -0.1) is 0 Å². The molecule has 1 unspecified atom stereocenters. The van der Waals surface area contributed by atoms with Gasteiger partial charge in [0.1, 0.15) is 11.4 Å². The third kappa shape index (κ3) is 2.23. The highest BCUT2D eigenvalue weighted by molar-refractivity contribution is 5.07. The summed E-state index contributed by atoms with van der Waals surface area (Å²) in [4.78, 5) is 4.29. The van der Waals surface area contributed by atoms with E-state index in [1.807, 2.05) is 38.5 Å². The summed E-state index contributed by atoms with van der Waals surface area (Å²) in [7, 11) is 0. The van der Waals surface area contributed by atoms with Crippen molar-refractivity contribution in [1.29, 1.82) is 0 Å². The van der Waals surface area contributed by atoms with E-state index >= 15 is 0 Å². The van der Waals surface area contributed by atoms with Crippen molar-refractivity contribution in [1.82, 2.24) is 9.55 Å². The molecular formula is C12H22N2O. The molecule has 0 bridgehead atoms. The van der Waals surface area contributed by atoms with Crippen LogP contribution in [0.25, 0.3) is 0 Å². The zero-order chi connectivity index (χ0) is 11.7. The molecule has 1 rings (SSSR count). The second kappa shape index (κ2) is 3.97. The zero-order valence-corrected chi connectivity index (χ0v) is 10.4. The van der Waals surface area contributed by atoms with E-state index < -0.39 is 5.60 Å². The fourth-order valence-electron chi connectivity index (χ4n) is 1.49. The molecule has 15 heavy (non-hydrogen) atoms. The van der Waals surface area contributed by atoms with Crippen LogP contribution in [0.15, 0.2) is 12.4 Å². The summed E-state index contributed by atoms with van der Waals surface area (Å²) in [6, 6.07) is 0. The molecule has 0 saturated heterocycles. The summed E-state index contributed by atoms with van der Waals surface area (Å²) in [6.45, 7) is 10.9. The van der Waals surface area contributed by atoms with Gasteiger partial charge in [-0.25, -0.2) is 4.98 Å². The summed E-state index contributed by atoms with van der Waals surface area (Å²) >= 11 is 0. The van der Waals surface area contributed by atoms with Gasteiger partial charge in [-0.3, -0.25) is 0 Å². The average molecular weight is 210 g/mol. The minimum atomic E-state index is -0.897. The second-order valence-corrected chi connectivity index (χ2v) is 5.27. The van der Waals surface area contributed by atoms with Crippen molar-refractivity contribution in [2.75, 3.05) is 0 Å². The lowest BCUT2D eigenvalue weighted by atomic mass is 9.77. The van der Waals surface area contributed by atoms with E-state index in [-0.39, 0.29) is 5.41 Å². The van der Waals surface area contributed by atoms with Gasteiger partial charge in [-0.05, 0) is 18.8 Å². The fraction of sp³-hybridized carbons (Fsp3) is 0.750. The summed E-state index contributed by atoms with van der Waals surface area (Å²) in [5.41, 5.74) is -1.12. The van der Waals surface area contributed by atoms with Crippen LogP contribution < -0.4 is 0 Å². The van der Waals surface area contributed by atoms with Gasteiger partial charge < -0.3 is 9.67 Å². The third-order valence-electron chi connectivity index (χ3n) is 3.08. The predicted octanol–water partition coefficient (Wildman–Crippen LogP) is 2.55. The van der Waals surface area contributed by atoms with Gasteiger partial charge in [0, 0.05) is 18.9 Å². The summed E-state index contributed by atoms with van der Waals surface area (Å²) in [5, 5.41) is 10.5. The van der Waals surface area contributed by atoms with E-state index in [4.69, 9.17) is 0 Å². The Hall–Kier alpha value is -0.830. The van der Waals surface area contributed by atoms with Gasteiger partial charge in [0.15, 0.2) is 0 Å². The van der Waals surface area contributed by atoms with Gasteiger partial charge >= 0.3 is 0 Å². The first kappa shape index (κ1) is 12.2. The molecular weight excluding hydrogens is 188 g/mol. The molecule has 86 valence electrons. The van der Waals surface area contributed by atoms with Crippen LogP contribution in [0.4, 0.5) is 0 Å². The number of aryl methyl sites for hydroxylation is 1. The van der Waals surface area contributed by atoms with Crippen molar-refractivity contribution >= 4 is 0 Å². The topological polar surface area (TPSA) is 38.0 Å². The molecule has 0 aliphatic heterocycles. The minimum absolute atomic E-state index is 0.218. The van der Waals surface area contributed by atoms with E-state index in [2.05, 4.69) is 11.9 Å². The Morgan fingerprint density at radius 3 is 2.40 bits per heavy atom. The van der Waals surface area contributed by atoms with Crippen LogP contribution >= 0.6 is 0 Å². The maximum Gasteiger partial charge on any atom is 0.141 e. The molecule has 3 nitrogen and oxygen atoms in total. The number of hydrogen-bond donors (Lipinski definition) is 1. The zero-order valence-electron chi connectivity index (χ0n) is 10.4. The standard InChI is InChI=1S/C12H22N2O/c1-6-8-14-9-7-13-10(14)12(5,15)11(2,3)4/h7,9,15H,6,8H2,1-5H3. The van der Waals surface area contributed by atoms with E-state index in [1.54, 1.807) is 6.20 Å². The first-order valence-electron chi connectivity index (χ1n) is 5.54. The summed E-state index contributed by atoms with van der Waals surface area (Å²) in [6.07, 6.45) is 4.73. The first-order valence-corrected chi connectivity index (χ1v) is 5.54. The molecule has 1 N–H and O–H groups in total. The summed E-state index contributed by atoms with van der Waals surface area (Å²) < 4.78 is 2.03. The monoisotopic (exact) mass is 210 g/mol. The molecule has 0 radical (unpaired) electrons. The SMILES string of the molecule is CCCn1ccnc1C(C)(O)C(C)(C)C. The lowest BCUT2D eigenvalue weighted by molar-refractivity contribution is -0.0571. The first-order chi connectivity index (χ1) is 6.80. The van der Waals surface area contributed by atoms with Crippen molar-refractivity contribution in [3.05, 3.63) is 18.2 Å². The molecule has 1 heterocycles. The molecule has 0 saturated carbocycles. The molecule has 0 amide bonds. The molecule has 0 fully saturated rings. The Labute approximate surface area is 92.1 Å². The number of aliphatic hydroxyl groups is 1. The van der Waals surface area contributed by atoms with Crippen LogP contribution in [0.1, 0.15) is 46.9 Å². The molecule has 0 aliphatic carbocycles. The molecule has 1 aromatic rings. The van der Waals surface area contributed by atoms with Crippen LogP contribution in [-0.2, 0) is 12.1 Å². The van der Waals surface area contributed by atoms with Gasteiger partial charge in [-0.1, -0.05) is 27.7 Å². The lowest BCUT2D eigenvalue weighted by Gasteiger charge is -2.36. The molecule has 1 atom stereocenters. The van der Waals surface area contributed by atoms with E-state index in [0.717, 1.165) is 18.8 Å². The van der Waals surface area contributed by atoms with Gasteiger partial charge in [-0.2, -0.15) is 0 Å². The highest BCUT2D eigenvalue weighted by atomic mass is 16.3. The van der Waals surface area contributed by atoms with Gasteiger partial charge in [0.2, 0.25) is 0 Å². The normalized spacial score (nSPS) is 16.4. The quantitative estimate of drug-likeness (QED) is 0.832. The van der Waals surface area contributed by atoms with Crippen LogP contribution in [-0.4, -0.2) is 14.7 Å². The third-order valence-corrected chi connectivity index (χ3v) is 3.08. The van der Waals surface area contributed by atoms with Crippen LogP contribution in [0.2, 0.25) is 0 Å². The smallest absolute Gasteiger partial charge is 0.141 e. The highest BCUT2D eigenvalue weighted by Crippen LogP contribution is 2.37. The maximum absolute atomic E-state index is 10.5. The van der Waals surface area contributed by atoms with E-state index in [1.165, 1.54) is 0 Å². The number of imidazole rings is 1. The summed E-state index contributed by atoms with van der Waals surface area (Å²) in [5.74, 6) is 0.761. The molecule has 0 spiro atoms. The van der Waals surface area contributed by atoms with Crippen molar-refractivity contribution in [3.63, 3.8) is 0 Å². The molecule has 0 aliphatic rings. The molecule has 1 aromatic heterocycles. The van der Waals surface area contributed by atoms with E-state index in [9.17, 15) is 5.11 Å². The predicted molar refractivity (Wildman–Crippen MR) is 61.5 cm³/mol. The second-order valence-electron chi connectivity index (χ2n) is 5.27. The maximum atomic E-state index is 10.5. The van der Waals surface area contributed by atoms with Crippen molar-refractivity contribution in [3.8, 4) is 0 Å². The Morgan fingerprint density at radius 1 is 1.33 bits per heavy atom. The number of hydrogen-bond acceptors (Lipinski definition) is 2. The van der Waals surface area contributed by atoms with Crippen LogP contribution in [0.5, 0.6) is 0 Å². The van der Waals surface area contributed by atoms with Crippen molar-refractivity contribution in [2.45, 2.75) is 53.2 Å². The largest absolute Gasteiger partial charge is 0.382 e. The molecule has 3 heteroatoms. The van der Waals surface area contributed by atoms with Crippen LogP contribution in [0.3, 0.4) is 0 Å². The van der Waals surface area contributed by atoms with Crippen molar-refractivity contribution < 1.29 is 5.11 Å². The minimum Gasteiger partial charge on any atom is -0.382 e. The fourth-order valence-corrected chi connectivity index (χ4v) is 1.49.